The van der Waals surface area contributed by atoms with Gasteiger partial charge in [0.05, 0.1) is 0 Å². The first-order valence-corrected chi connectivity index (χ1v) is 5.87. The lowest BCUT2D eigenvalue weighted by atomic mass is 10.2. The average Bonchev–Trinajstić information content (AvgIpc) is 2.48. The molecule has 0 aliphatic carbocycles. The van der Waals surface area contributed by atoms with Crippen LogP contribution in [0.2, 0.25) is 0 Å². The zero-order valence-electron chi connectivity index (χ0n) is 10.3. The summed E-state index contributed by atoms with van der Waals surface area (Å²) >= 11 is 0. The molecule has 0 radical (unpaired) electrons. The van der Waals surface area contributed by atoms with Gasteiger partial charge >= 0.3 is 0 Å². The molecule has 0 aliphatic rings. The monoisotopic (exact) mass is 254 g/mol. The molecule has 0 N–H and O–H groups in total. The van der Waals surface area contributed by atoms with Gasteiger partial charge in [-0.3, -0.25) is 0 Å². The Morgan fingerprint density at radius 1 is 0.579 bits per heavy atom. The summed E-state index contributed by atoms with van der Waals surface area (Å²) in [4.78, 5) is 9.44. The van der Waals surface area contributed by atoms with Gasteiger partial charge < -0.3 is 9.78 Å². The average molecular weight is 254 g/mol. The molecule has 0 atom stereocenters. The zero-order chi connectivity index (χ0) is 13.2. The Bertz CT molecular complexity index is 469. The molecular weight excluding hydrogens is 240 g/mol. The van der Waals surface area contributed by atoms with E-state index in [1.807, 2.05) is 60.7 Å². The fourth-order valence-corrected chi connectivity index (χ4v) is 1.41. The molecule has 0 bridgehead atoms. The van der Waals surface area contributed by atoms with Crippen molar-refractivity contribution in [2.75, 3.05) is 0 Å². The minimum atomic E-state index is 1.02. The molecule has 19 heavy (non-hydrogen) atoms. The van der Waals surface area contributed by atoms with Gasteiger partial charge in [0.2, 0.25) is 0 Å². The normalized spacial score (nSPS) is 10.9. The van der Waals surface area contributed by atoms with Crippen molar-refractivity contribution in [1.29, 1.82) is 0 Å². The van der Waals surface area contributed by atoms with Crippen molar-refractivity contribution < 1.29 is 14.8 Å². The van der Waals surface area contributed by atoms with E-state index in [0.29, 0.717) is 0 Å². The smallest absolute Gasteiger partial charge is 0.134 e. The van der Waals surface area contributed by atoms with Gasteiger partial charge in [0, 0.05) is 5.04 Å². The van der Waals surface area contributed by atoms with E-state index >= 15 is 0 Å². The Labute approximate surface area is 112 Å². The third-order valence-electron chi connectivity index (χ3n) is 2.31. The number of hydrogen-bond acceptors (Lipinski definition) is 3. The topological polar surface area (TPSA) is 27.7 Å². The number of rotatable bonds is 6. The zero-order valence-corrected chi connectivity index (χ0v) is 10.3. The largest absolute Gasteiger partial charge is 0.307 e. The van der Waals surface area contributed by atoms with Crippen molar-refractivity contribution in [3.63, 3.8) is 0 Å². The molecule has 0 saturated carbocycles. The van der Waals surface area contributed by atoms with Crippen LogP contribution in [-0.2, 0) is 14.8 Å². The lowest BCUT2D eigenvalue weighted by Gasteiger charge is -1.96. The summed E-state index contributed by atoms with van der Waals surface area (Å²) in [6.45, 7) is 0. The van der Waals surface area contributed by atoms with E-state index in [1.165, 1.54) is 12.5 Å². The summed E-state index contributed by atoms with van der Waals surface area (Å²) in [5, 5.41) is 4.50. The molecule has 96 valence electrons. The summed E-state index contributed by atoms with van der Waals surface area (Å²) in [6, 6.07) is 19.5. The molecular formula is C16H14O3. The van der Waals surface area contributed by atoms with Crippen LogP contribution in [0.1, 0.15) is 11.1 Å². The fraction of sp³-hybridized carbons (Fsp3) is 0. The molecule has 0 aliphatic heterocycles. The minimum Gasteiger partial charge on any atom is -0.307 e. The molecule has 0 heterocycles. The third kappa shape index (κ3) is 5.10. The standard InChI is InChI=1S/C16H14O3/c1-3-7-15(8-4-1)11-13-17-19-18-14-12-16-9-5-2-6-10-16/h1-14H/b13-11+,14-12+. The van der Waals surface area contributed by atoms with Crippen LogP contribution in [0.15, 0.2) is 73.2 Å². The maximum atomic E-state index is 4.72. The highest BCUT2D eigenvalue weighted by molar-refractivity contribution is 5.47. The first-order chi connectivity index (χ1) is 9.45. The Morgan fingerprint density at radius 2 is 1.00 bits per heavy atom. The second kappa shape index (κ2) is 7.74. The second-order valence-electron chi connectivity index (χ2n) is 3.69. The van der Waals surface area contributed by atoms with E-state index in [1.54, 1.807) is 12.2 Å². The van der Waals surface area contributed by atoms with Crippen LogP contribution in [0.3, 0.4) is 0 Å². The van der Waals surface area contributed by atoms with Crippen LogP contribution in [0.4, 0.5) is 0 Å². The van der Waals surface area contributed by atoms with Gasteiger partial charge in [-0.25, -0.2) is 0 Å². The highest BCUT2D eigenvalue weighted by Gasteiger charge is 1.85. The van der Waals surface area contributed by atoms with Crippen LogP contribution in [0.25, 0.3) is 12.2 Å². The summed E-state index contributed by atoms with van der Waals surface area (Å²) in [5.74, 6) is 0. The molecule has 2 aromatic carbocycles. The summed E-state index contributed by atoms with van der Waals surface area (Å²) < 4.78 is 0. The van der Waals surface area contributed by atoms with Gasteiger partial charge in [-0.15, -0.1) is 0 Å². The van der Waals surface area contributed by atoms with Crippen molar-refractivity contribution in [2.24, 2.45) is 0 Å². The van der Waals surface area contributed by atoms with Gasteiger partial charge in [-0.05, 0) is 23.3 Å². The molecule has 0 saturated heterocycles. The first kappa shape index (κ1) is 12.9. The number of hydrogen-bond donors (Lipinski definition) is 0. The SMILES string of the molecule is C(=C\c1ccccc1)/OOO/C=C/c1ccccc1. The van der Waals surface area contributed by atoms with Crippen LogP contribution in [-0.4, -0.2) is 0 Å². The fourth-order valence-electron chi connectivity index (χ4n) is 1.41. The maximum absolute atomic E-state index is 4.72. The Balaban J connectivity index is 1.65. The van der Waals surface area contributed by atoms with E-state index < -0.39 is 0 Å². The summed E-state index contributed by atoms with van der Waals surface area (Å²) in [5.41, 5.74) is 2.04. The first-order valence-electron chi connectivity index (χ1n) is 5.87. The van der Waals surface area contributed by atoms with Crippen molar-refractivity contribution in [2.45, 2.75) is 0 Å². The van der Waals surface area contributed by atoms with Crippen LogP contribution >= 0.6 is 0 Å². The Kier molecular flexibility index (Phi) is 5.26. The van der Waals surface area contributed by atoms with E-state index in [2.05, 4.69) is 5.04 Å². The van der Waals surface area contributed by atoms with Crippen molar-refractivity contribution in [3.05, 3.63) is 84.3 Å². The van der Waals surface area contributed by atoms with Gasteiger partial charge in [-0.2, -0.15) is 0 Å². The van der Waals surface area contributed by atoms with Gasteiger partial charge in [0.25, 0.3) is 0 Å². The lowest BCUT2D eigenvalue weighted by molar-refractivity contribution is -0.464. The van der Waals surface area contributed by atoms with E-state index in [9.17, 15) is 0 Å². The van der Waals surface area contributed by atoms with Crippen molar-refractivity contribution in [1.82, 2.24) is 0 Å². The van der Waals surface area contributed by atoms with Gasteiger partial charge in [0.1, 0.15) is 12.5 Å². The predicted molar refractivity (Wildman–Crippen MR) is 74.2 cm³/mol. The lowest BCUT2D eigenvalue weighted by Crippen LogP contribution is -1.84. The Morgan fingerprint density at radius 3 is 1.42 bits per heavy atom. The molecule has 3 heteroatoms. The molecule has 2 rings (SSSR count). The molecule has 3 nitrogen and oxygen atoms in total. The predicted octanol–water partition coefficient (Wildman–Crippen LogP) is 4.21. The molecule has 0 aromatic heterocycles. The van der Waals surface area contributed by atoms with Crippen LogP contribution in [0.5, 0.6) is 0 Å². The third-order valence-corrected chi connectivity index (χ3v) is 2.31. The van der Waals surface area contributed by atoms with Crippen molar-refractivity contribution >= 4 is 12.2 Å². The summed E-state index contributed by atoms with van der Waals surface area (Å²) in [7, 11) is 0. The second-order valence-corrected chi connectivity index (χ2v) is 3.69. The highest BCUT2D eigenvalue weighted by atomic mass is 17.5. The van der Waals surface area contributed by atoms with Crippen LogP contribution < -0.4 is 0 Å². The minimum absolute atomic E-state index is 1.02. The quantitative estimate of drug-likeness (QED) is 0.334. The molecule has 0 amide bonds. The molecule has 0 fully saturated rings. The maximum Gasteiger partial charge on any atom is 0.134 e. The van der Waals surface area contributed by atoms with E-state index in [0.717, 1.165) is 11.1 Å². The van der Waals surface area contributed by atoms with Gasteiger partial charge in [-0.1, -0.05) is 60.7 Å². The van der Waals surface area contributed by atoms with Gasteiger partial charge in [0.15, 0.2) is 0 Å². The Hall–Kier alpha value is -2.52. The molecule has 2 aromatic rings. The number of benzene rings is 2. The highest BCUT2D eigenvalue weighted by Crippen LogP contribution is 2.02. The van der Waals surface area contributed by atoms with Crippen LogP contribution in [0, 0.1) is 0 Å². The molecule has 0 unspecified atom stereocenters. The van der Waals surface area contributed by atoms with E-state index in [4.69, 9.17) is 9.78 Å². The van der Waals surface area contributed by atoms with E-state index in [-0.39, 0.29) is 0 Å². The van der Waals surface area contributed by atoms with Crippen molar-refractivity contribution in [3.8, 4) is 0 Å². The summed E-state index contributed by atoms with van der Waals surface area (Å²) in [6.07, 6.45) is 6.35. The molecule has 0 spiro atoms.